The molecule has 2 saturated heterocycles. The van der Waals surface area contributed by atoms with Gasteiger partial charge in [0.15, 0.2) is 0 Å². The van der Waals surface area contributed by atoms with Crippen LogP contribution in [0, 0.1) is 0 Å². The molecule has 0 aliphatic carbocycles. The molecule has 0 saturated carbocycles. The van der Waals surface area contributed by atoms with Crippen LogP contribution in [0.4, 0.5) is 0 Å². The molecule has 0 aromatic heterocycles. The zero-order valence-electron chi connectivity index (χ0n) is 12.5. The molecule has 0 radical (unpaired) electrons. The molecule has 0 aromatic rings. The van der Waals surface area contributed by atoms with E-state index in [-0.39, 0.29) is 18.2 Å². The number of ketones is 1. The maximum Gasteiger partial charge on any atom is 0.306 e. The van der Waals surface area contributed by atoms with Crippen molar-refractivity contribution in [2.24, 2.45) is 0 Å². The van der Waals surface area contributed by atoms with E-state index in [0.717, 1.165) is 19.6 Å². The van der Waals surface area contributed by atoms with Gasteiger partial charge in [-0.05, 0) is 26.3 Å². The predicted octanol–water partition coefficient (Wildman–Crippen LogP) is 1.07. The Hall–Kier alpha value is -0.940. The molecule has 1 atom stereocenters. The Bertz CT molecular complexity index is 346. The van der Waals surface area contributed by atoms with E-state index in [2.05, 4.69) is 9.80 Å². The molecule has 2 rings (SSSR count). The smallest absolute Gasteiger partial charge is 0.306 e. The number of nitrogens with zero attached hydrogens (tertiary/aromatic N) is 2. The Balaban J connectivity index is 1.68. The Morgan fingerprint density at radius 3 is 2.80 bits per heavy atom. The fraction of sp³-hybridized carbons (Fsp3) is 0.867. The average molecular weight is 282 g/mol. The van der Waals surface area contributed by atoms with Crippen LogP contribution in [0.25, 0.3) is 0 Å². The van der Waals surface area contributed by atoms with Crippen LogP contribution < -0.4 is 0 Å². The van der Waals surface area contributed by atoms with Crippen LogP contribution in [0.5, 0.6) is 0 Å². The van der Waals surface area contributed by atoms with Crippen LogP contribution in [-0.4, -0.2) is 66.9 Å². The van der Waals surface area contributed by atoms with Gasteiger partial charge in [-0.25, -0.2) is 0 Å². The van der Waals surface area contributed by atoms with Crippen molar-refractivity contribution in [1.82, 2.24) is 9.80 Å². The topological polar surface area (TPSA) is 49.9 Å². The van der Waals surface area contributed by atoms with Gasteiger partial charge in [0, 0.05) is 32.1 Å². The minimum Gasteiger partial charge on any atom is -0.466 e. The first kappa shape index (κ1) is 15.4. The molecule has 20 heavy (non-hydrogen) atoms. The highest BCUT2D eigenvalue weighted by Crippen LogP contribution is 2.20. The molecule has 2 heterocycles. The first-order valence-electron chi connectivity index (χ1n) is 7.82. The van der Waals surface area contributed by atoms with Gasteiger partial charge in [0.25, 0.3) is 0 Å². The van der Waals surface area contributed by atoms with E-state index < -0.39 is 0 Å². The van der Waals surface area contributed by atoms with Gasteiger partial charge in [0.1, 0.15) is 5.78 Å². The maximum atomic E-state index is 11.9. The van der Waals surface area contributed by atoms with Crippen molar-refractivity contribution in [2.45, 2.75) is 45.1 Å². The fourth-order valence-electron chi connectivity index (χ4n) is 3.17. The summed E-state index contributed by atoms with van der Waals surface area (Å²) in [5, 5.41) is 0. The summed E-state index contributed by atoms with van der Waals surface area (Å²) in [4.78, 5) is 28.0. The SMILES string of the molecule is CCOC(=O)CCC(=O)CN1CCN2CCCCC2C1. The molecular weight excluding hydrogens is 256 g/mol. The Morgan fingerprint density at radius 2 is 2.00 bits per heavy atom. The lowest BCUT2D eigenvalue weighted by Crippen LogP contribution is -2.55. The molecule has 0 spiro atoms. The Kier molecular flexibility index (Phi) is 5.98. The quantitative estimate of drug-likeness (QED) is 0.682. The van der Waals surface area contributed by atoms with Crippen LogP contribution in [0.3, 0.4) is 0 Å². The average Bonchev–Trinajstić information content (AvgIpc) is 2.45. The number of hydrogen-bond donors (Lipinski definition) is 0. The van der Waals surface area contributed by atoms with Crippen molar-refractivity contribution >= 4 is 11.8 Å². The molecule has 114 valence electrons. The minimum absolute atomic E-state index is 0.155. The number of fused-ring (bicyclic) bond motifs is 1. The number of rotatable bonds is 6. The molecule has 0 N–H and O–H groups in total. The third kappa shape index (κ3) is 4.56. The van der Waals surface area contributed by atoms with Gasteiger partial charge in [0.2, 0.25) is 0 Å². The van der Waals surface area contributed by atoms with E-state index in [9.17, 15) is 9.59 Å². The first-order chi connectivity index (χ1) is 9.69. The number of ether oxygens (including phenoxy) is 1. The minimum atomic E-state index is -0.266. The van der Waals surface area contributed by atoms with Gasteiger partial charge < -0.3 is 4.74 Å². The van der Waals surface area contributed by atoms with Gasteiger partial charge in [-0.2, -0.15) is 0 Å². The summed E-state index contributed by atoms with van der Waals surface area (Å²) in [7, 11) is 0. The van der Waals surface area contributed by atoms with Gasteiger partial charge in [-0.15, -0.1) is 0 Å². The largest absolute Gasteiger partial charge is 0.466 e. The van der Waals surface area contributed by atoms with Crippen molar-refractivity contribution in [3.8, 4) is 0 Å². The summed E-state index contributed by atoms with van der Waals surface area (Å²) in [5.74, 6) is -0.111. The lowest BCUT2D eigenvalue weighted by molar-refractivity contribution is -0.144. The van der Waals surface area contributed by atoms with E-state index in [1.165, 1.54) is 25.8 Å². The van der Waals surface area contributed by atoms with Gasteiger partial charge in [-0.3, -0.25) is 19.4 Å². The van der Waals surface area contributed by atoms with Crippen molar-refractivity contribution in [3.05, 3.63) is 0 Å². The number of piperidine rings is 1. The summed E-state index contributed by atoms with van der Waals surface area (Å²) in [6.07, 6.45) is 4.41. The molecule has 0 bridgehead atoms. The van der Waals surface area contributed by atoms with Crippen LogP contribution >= 0.6 is 0 Å². The molecule has 5 heteroatoms. The zero-order valence-corrected chi connectivity index (χ0v) is 12.5. The number of piperazine rings is 1. The molecular formula is C15H26N2O3. The van der Waals surface area contributed by atoms with Crippen LogP contribution in [0.15, 0.2) is 0 Å². The normalized spacial score (nSPS) is 24.1. The van der Waals surface area contributed by atoms with Crippen molar-refractivity contribution in [1.29, 1.82) is 0 Å². The number of carbonyl (C=O) groups excluding carboxylic acids is 2. The van der Waals surface area contributed by atoms with Gasteiger partial charge >= 0.3 is 5.97 Å². The van der Waals surface area contributed by atoms with E-state index in [4.69, 9.17) is 4.74 Å². The molecule has 2 fully saturated rings. The second-order valence-corrected chi connectivity index (χ2v) is 5.76. The van der Waals surface area contributed by atoms with Crippen LogP contribution in [0.2, 0.25) is 0 Å². The van der Waals surface area contributed by atoms with E-state index in [1.807, 2.05) is 0 Å². The number of esters is 1. The number of hydrogen-bond acceptors (Lipinski definition) is 5. The first-order valence-corrected chi connectivity index (χ1v) is 7.82. The summed E-state index contributed by atoms with van der Waals surface area (Å²) >= 11 is 0. The zero-order chi connectivity index (χ0) is 14.4. The summed E-state index contributed by atoms with van der Waals surface area (Å²) < 4.78 is 4.84. The molecule has 2 aliphatic rings. The maximum absolute atomic E-state index is 11.9. The standard InChI is InChI=1S/C15H26N2O3/c1-2-20-15(19)7-6-14(18)12-16-9-10-17-8-4-3-5-13(17)11-16/h13H,2-12H2,1H3. The third-order valence-corrected chi connectivity index (χ3v) is 4.23. The molecule has 0 amide bonds. The molecule has 2 aliphatic heterocycles. The fourth-order valence-corrected chi connectivity index (χ4v) is 3.17. The molecule has 5 nitrogen and oxygen atoms in total. The van der Waals surface area contributed by atoms with E-state index in [0.29, 0.717) is 25.6 Å². The second-order valence-electron chi connectivity index (χ2n) is 5.76. The van der Waals surface area contributed by atoms with Crippen LogP contribution in [-0.2, 0) is 14.3 Å². The van der Waals surface area contributed by atoms with E-state index >= 15 is 0 Å². The van der Waals surface area contributed by atoms with Crippen molar-refractivity contribution < 1.29 is 14.3 Å². The summed E-state index contributed by atoms with van der Waals surface area (Å²) in [6.45, 7) is 6.93. The monoisotopic (exact) mass is 282 g/mol. The Labute approximate surface area is 121 Å². The van der Waals surface area contributed by atoms with Crippen molar-refractivity contribution in [2.75, 3.05) is 39.3 Å². The summed E-state index contributed by atoms with van der Waals surface area (Å²) in [5.41, 5.74) is 0. The lowest BCUT2D eigenvalue weighted by Gasteiger charge is -2.43. The third-order valence-electron chi connectivity index (χ3n) is 4.23. The highest BCUT2D eigenvalue weighted by molar-refractivity contribution is 5.84. The molecule has 0 aromatic carbocycles. The van der Waals surface area contributed by atoms with Crippen molar-refractivity contribution in [3.63, 3.8) is 0 Å². The van der Waals surface area contributed by atoms with Gasteiger partial charge in [-0.1, -0.05) is 6.42 Å². The molecule has 1 unspecified atom stereocenters. The second kappa shape index (κ2) is 7.74. The van der Waals surface area contributed by atoms with Gasteiger partial charge in [0.05, 0.1) is 19.6 Å². The highest BCUT2D eigenvalue weighted by Gasteiger charge is 2.29. The predicted molar refractivity (Wildman–Crippen MR) is 76.5 cm³/mol. The summed E-state index contributed by atoms with van der Waals surface area (Å²) in [6, 6.07) is 0.635. The lowest BCUT2D eigenvalue weighted by atomic mass is 9.99. The van der Waals surface area contributed by atoms with E-state index in [1.54, 1.807) is 6.92 Å². The highest BCUT2D eigenvalue weighted by atomic mass is 16.5. The Morgan fingerprint density at radius 1 is 1.15 bits per heavy atom. The number of Topliss-reactive ketones (excluding diaryl/α,β-unsaturated/α-hetero) is 1. The number of carbonyl (C=O) groups is 2. The van der Waals surface area contributed by atoms with Crippen LogP contribution in [0.1, 0.15) is 39.0 Å².